The van der Waals surface area contributed by atoms with Crippen molar-refractivity contribution in [3.63, 3.8) is 0 Å². The summed E-state index contributed by atoms with van der Waals surface area (Å²) in [6.07, 6.45) is 74.2. The molecule has 1 unspecified atom stereocenters. The number of unbranched alkanes of at least 4 members (excludes halogenated alkanes) is 23. The van der Waals surface area contributed by atoms with Crippen LogP contribution in [0.3, 0.4) is 0 Å². The van der Waals surface area contributed by atoms with Crippen molar-refractivity contribution in [2.24, 2.45) is 0 Å². The summed E-state index contributed by atoms with van der Waals surface area (Å²) >= 11 is 0. The van der Waals surface area contributed by atoms with Crippen molar-refractivity contribution in [2.45, 2.75) is 264 Å². The molecule has 0 amide bonds. The number of allylic oxidation sites excluding steroid dienone is 16. The predicted octanol–water partition coefficient (Wildman–Crippen LogP) is 18.9. The van der Waals surface area contributed by atoms with Crippen LogP contribution in [-0.2, 0) is 28.6 Å². The molecule has 0 aliphatic rings. The molecule has 0 aromatic carbocycles. The average Bonchev–Trinajstić information content (AvgIpc) is 3.34. The molecule has 388 valence electrons. The first kappa shape index (κ1) is 64.3. The zero-order valence-corrected chi connectivity index (χ0v) is 44.3. The molecule has 6 heteroatoms. The molecule has 0 saturated carbocycles. The highest BCUT2D eigenvalue weighted by atomic mass is 16.6. The minimum Gasteiger partial charge on any atom is -0.462 e. The van der Waals surface area contributed by atoms with Crippen molar-refractivity contribution < 1.29 is 28.6 Å². The van der Waals surface area contributed by atoms with E-state index in [9.17, 15) is 14.4 Å². The van der Waals surface area contributed by atoms with Crippen LogP contribution in [-0.4, -0.2) is 37.2 Å². The highest BCUT2D eigenvalue weighted by Crippen LogP contribution is 2.15. The van der Waals surface area contributed by atoms with E-state index in [1.54, 1.807) is 0 Å². The van der Waals surface area contributed by atoms with Crippen molar-refractivity contribution in [3.8, 4) is 0 Å². The molecule has 0 aliphatic heterocycles. The average molecular weight is 946 g/mol. The Labute approximate surface area is 419 Å². The molecular weight excluding hydrogens is 841 g/mol. The standard InChI is InChI=1S/C62H104O6/c1-4-7-10-13-16-18-20-22-23-24-25-26-27-28-29-30-31-32-33-34-35-36-37-38-39-40-42-43-46-49-52-55-61(64)67-58-59(57-66-60(63)54-51-48-45-15-12-9-6-3)68-62(65)56-53-50-47-44-41-21-19-17-14-11-8-5-2/h7,10,16,18,22-23,25-26,28-29,31-32,34-35,37-38,59H,4-6,8-9,11-15,17,19-21,24,27,30,33,36,39-58H2,1-3H3/b10-7-,18-16-,23-22-,26-25-,29-28-,32-31-,35-34-,38-37-. The monoisotopic (exact) mass is 945 g/mol. The van der Waals surface area contributed by atoms with Gasteiger partial charge in [0, 0.05) is 19.3 Å². The first-order chi connectivity index (χ1) is 33.5. The van der Waals surface area contributed by atoms with Crippen molar-refractivity contribution in [3.05, 3.63) is 97.2 Å². The van der Waals surface area contributed by atoms with Gasteiger partial charge in [-0.1, -0.05) is 253 Å². The van der Waals surface area contributed by atoms with Crippen molar-refractivity contribution in [1.82, 2.24) is 0 Å². The second-order valence-electron chi connectivity index (χ2n) is 18.5. The summed E-state index contributed by atoms with van der Waals surface area (Å²) < 4.78 is 16.7. The Morgan fingerprint density at radius 3 is 0.897 bits per heavy atom. The van der Waals surface area contributed by atoms with E-state index < -0.39 is 6.10 Å². The van der Waals surface area contributed by atoms with E-state index in [1.807, 2.05) is 0 Å². The van der Waals surface area contributed by atoms with Crippen molar-refractivity contribution in [2.75, 3.05) is 13.2 Å². The van der Waals surface area contributed by atoms with Gasteiger partial charge in [0.15, 0.2) is 6.10 Å². The maximum absolute atomic E-state index is 12.7. The fourth-order valence-electron chi connectivity index (χ4n) is 7.63. The lowest BCUT2D eigenvalue weighted by Gasteiger charge is -2.18. The molecule has 0 N–H and O–H groups in total. The highest BCUT2D eigenvalue weighted by Gasteiger charge is 2.19. The summed E-state index contributed by atoms with van der Waals surface area (Å²) in [5.41, 5.74) is 0. The SMILES string of the molecule is CC/C=C\C/C=C\C/C=C\C/C=C\C/C=C\C/C=C\C/C=C\C/C=C\CCCCCCCCC(=O)OCC(COC(=O)CCCCCCCCC)OC(=O)CCCCCCCCCCCCCC. The Morgan fingerprint density at radius 1 is 0.309 bits per heavy atom. The van der Waals surface area contributed by atoms with E-state index in [0.717, 1.165) is 122 Å². The summed E-state index contributed by atoms with van der Waals surface area (Å²) in [6.45, 7) is 6.46. The zero-order chi connectivity index (χ0) is 49.3. The maximum Gasteiger partial charge on any atom is 0.306 e. The highest BCUT2D eigenvalue weighted by molar-refractivity contribution is 5.71. The molecule has 0 rings (SSSR count). The minimum absolute atomic E-state index is 0.0796. The Morgan fingerprint density at radius 2 is 0.574 bits per heavy atom. The van der Waals surface area contributed by atoms with Crippen LogP contribution in [0.4, 0.5) is 0 Å². The molecule has 0 fully saturated rings. The molecule has 0 bridgehead atoms. The van der Waals surface area contributed by atoms with Crippen LogP contribution in [0.15, 0.2) is 97.2 Å². The van der Waals surface area contributed by atoms with Gasteiger partial charge in [0.25, 0.3) is 0 Å². The Hall–Kier alpha value is -3.67. The van der Waals surface area contributed by atoms with Crippen molar-refractivity contribution >= 4 is 17.9 Å². The lowest BCUT2D eigenvalue weighted by molar-refractivity contribution is -0.167. The van der Waals surface area contributed by atoms with Gasteiger partial charge in [-0.3, -0.25) is 14.4 Å². The van der Waals surface area contributed by atoms with Crippen LogP contribution >= 0.6 is 0 Å². The normalized spacial score (nSPS) is 12.8. The number of ether oxygens (including phenoxy) is 3. The van der Waals surface area contributed by atoms with Crippen LogP contribution in [0, 0.1) is 0 Å². The molecule has 68 heavy (non-hydrogen) atoms. The quantitative estimate of drug-likeness (QED) is 0.0262. The smallest absolute Gasteiger partial charge is 0.306 e. The molecule has 0 radical (unpaired) electrons. The summed E-state index contributed by atoms with van der Waals surface area (Å²) in [4.78, 5) is 37.8. The Balaban J connectivity index is 4.15. The Bertz CT molecular complexity index is 1360. The minimum atomic E-state index is -0.778. The van der Waals surface area contributed by atoms with Gasteiger partial charge >= 0.3 is 17.9 Å². The fourth-order valence-corrected chi connectivity index (χ4v) is 7.63. The molecular formula is C62H104O6. The predicted molar refractivity (Wildman–Crippen MR) is 293 cm³/mol. The number of hydrogen-bond donors (Lipinski definition) is 0. The van der Waals surface area contributed by atoms with Crippen LogP contribution in [0.5, 0.6) is 0 Å². The number of hydrogen-bond acceptors (Lipinski definition) is 6. The second-order valence-corrected chi connectivity index (χ2v) is 18.5. The Kier molecular flexibility index (Phi) is 52.9. The van der Waals surface area contributed by atoms with E-state index in [0.29, 0.717) is 19.3 Å². The molecule has 0 spiro atoms. The van der Waals surface area contributed by atoms with E-state index in [1.165, 1.54) is 96.3 Å². The topological polar surface area (TPSA) is 78.9 Å². The summed E-state index contributed by atoms with van der Waals surface area (Å²) in [6, 6.07) is 0. The molecule has 6 nitrogen and oxygen atoms in total. The van der Waals surface area contributed by atoms with Gasteiger partial charge in [0.2, 0.25) is 0 Å². The molecule has 0 aromatic rings. The second kappa shape index (κ2) is 55.9. The third kappa shape index (κ3) is 53.3. The van der Waals surface area contributed by atoms with Crippen molar-refractivity contribution in [1.29, 1.82) is 0 Å². The summed E-state index contributed by atoms with van der Waals surface area (Å²) in [7, 11) is 0. The third-order valence-corrected chi connectivity index (χ3v) is 11.9. The van der Waals surface area contributed by atoms with Crippen LogP contribution < -0.4 is 0 Å². The largest absolute Gasteiger partial charge is 0.462 e. The molecule has 0 heterocycles. The lowest BCUT2D eigenvalue weighted by atomic mass is 10.0. The van der Waals surface area contributed by atoms with E-state index in [4.69, 9.17) is 14.2 Å². The van der Waals surface area contributed by atoms with Gasteiger partial charge in [-0.2, -0.15) is 0 Å². The summed E-state index contributed by atoms with van der Waals surface area (Å²) in [5, 5.41) is 0. The molecule has 1 atom stereocenters. The summed E-state index contributed by atoms with van der Waals surface area (Å²) in [5.74, 6) is -0.900. The third-order valence-electron chi connectivity index (χ3n) is 11.9. The first-order valence-corrected chi connectivity index (χ1v) is 28.2. The van der Waals surface area contributed by atoms with Crippen LogP contribution in [0.1, 0.15) is 258 Å². The van der Waals surface area contributed by atoms with Crippen LogP contribution in [0.2, 0.25) is 0 Å². The van der Waals surface area contributed by atoms with Crippen LogP contribution in [0.25, 0.3) is 0 Å². The van der Waals surface area contributed by atoms with E-state index >= 15 is 0 Å². The molecule has 0 aliphatic carbocycles. The lowest BCUT2D eigenvalue weighted by Crippen LogP contribution is -2.30. The number of carbonyl (C=O) groups excluding carboxylic acids is 3. The van der Waals surface area contributed by atoms with Gasteiger partial charge < -0.3 is 14.2 Å². The van der Waals surface area contributed by atoms with E-state index in [2.05, 4.69) is 118 Å². The molecule has 0 aromatic heterocycles. The zero-order valence-electron chi connectivity index (χ0n) is 44.3. The van der Waals surface area contributed by atoms with Gasteiger partial charge in [-0.25, -0.2) is 0 Å². The number of rotatable bonds is 50. The van der Waals surface area contributed by atoms with Gasteiger partial charge in [-0.15, -0.1) is 0 Å². The van der Waals surface area contributed by atoms with Gasteiger partial charge in [-0.05, 0) is 83.5 Å². The van der Waals surface area contributed by atoms with E-state index in [-0.39, 0.29) is 31.1 Å². The van der Waals surface area contributed by atoms with Gasteiger partial charge in [0.05, 0.1) is 0 Å². The maximum atomic E-state index is 12.7. The number of carbonyl (C=O) groups is 3. The number of esters is 3. The first-order valence-electron chi connectivity index (χ1n) is 28.2. The van der Waals surface area contributed by atoms with Gasteiger partial charge in [0.1, 0.15) is 13.2 Å². The molecule has 0 saturated heterocycles. The fraction of sp³-hybridized carbons (Fsp3) is 0.694.